The first kappa shape index (κ1) is 20.1. The van der Waals surface area contributed by atoms with Gasteiger partial charge in [-0.3, -0.25) is 9.59 Å². The van der Waals surface area contributed by atoms with Crippen molar-refractivity contribution in [3.8, 4) is 0 Å². The molecule has 0 spiro atoms. The van der Waals surface area contributed by atoms with E-state index >= 15 is 0 Å². The smallest absolute Gasteiger partial charge is 0.267 e. The van der Waals surface area contributed by atoms with Crippen LogP contribution in [0.2, 0.25) is 0 Å². The van der Waals surface area contributed by atoms with E-state index in [9.17, 15) is 18.0 Å². The Bertz CT molecular complexity index is 987. The van der Waals surface area contributed by atoms with Gasteiger partial charge in [0.1, 0.15) is 6.04 Å². The first-order valence-electron chi connectivity index (χ1n) is 9.27. The summed E-state index contributed by atoms with van der Waals surface area (Å²) in [6.45, 7) is 4.08. The highest BCUT2D eigenvalue weighted by atomic mass is 32.2. The van der Waals surface area contributed by atoms with Gasteiger partial charge in [-0.05, 0) is 55.5 Å². The number of nitrogens with zero attached hydrogens (tertiary/aromatic N) is 1. The zero-order valence-electron chi connectivity index (χ0n) is 16.0. The minimum Gasteiger partial charge on any atom is -0.354 e. The zero-order valence-corrected chi connectivity index (χ0v) is 16.8. The van der Waals surface area contributed by atoms with E-state index in [1.54, 1.807) is 12.1 Å². The first-order valence-corrected chi connectivity index (χ1v) is 10.7. The summed E-state index contributed by atoms with van der Waals surface area (Å²) in [7, 11) is -4.08. The van der Waals surface area contributed by atoms with Crippen LogP contribution in [-0.2, 0) is 26.0 Å². The van der Waals surface area contributed by atoms with E-state index in [-0.39, 0.29) is 17.7 Å². The van der Waals surface area contributed by atoms with Crippen molar-refractivity contribution in [1.82, 2.24) is 9.62 Å². The van der Waals surface area contributed by atoms with Gasteiger partial charge in [0, 0.05) is 13.0 Å². The third kappa shape index (κ3) is 4.09. The molecule has 6 nitrogen and oxygen atoms in total. The van der Waals surface area contributed by atoms with Gasteiger partial charge in [0.2, 0.25) is 11.8 Å². The predicted molar refractivity (Wildman–Crippen MR) is 106 cm³/mol. The molecule has 1 fully saturated rings. The van der Waals surface area contributed by atoms with Gasteiger partial charge in [-0.2, -0.15) is 0 Å². The molecule has 2 aromatic rings. The maximum atomic E-state index is 13.0. The number of nitrogens with one attached hydrogen (secondary N) is 1. The van der Waals surface area contributed by atoms with Crippen LogP contribution in [0.5, 0.6) is 0 Å². The van der Waals surface area contributed by atoms with Crippen LogP contribution < -0.4 is 5.32 Å². The van der Waals surface area contributed by atoms with Crippen LogP contribution >= 0.6 is 0 Å². The first-order chi connectivity index (χ1) is 13.3. The van der Waals surface area contributed by atoms with Crippen molar-refractivity contribution in [2.24, 2.45) is 0 Å². The lowest BCUT2D eigenvalue weighted by Crippen LogP contribution is -2.47. The highest BCUT2D eigenvalue weighted by molar-refractivity contribution is 7.89. The highest BCUT2D eigenvalue weighted by Gasteiger charge is 2.44. The van der Waals surface area contributed by atoms with Crippen LogP contribution in [-0.4, -0.2) is 37.1 Å². The standard InChI is InChI=1S/C21H24N2O4S/c1-15-8-9-18(14-16(15)2)28(26,27)23-19(10-11-20(23)24)21(25)22-13-12-17-6-4-3-5-7-17/h3-9,14,19H,10-13H2,1-2H3,(H,22,25). The maximum Gasteiger partial charge on any atom is 0.267 e. The van der Waals surface area contributed by atoms with E-state index in [2.05, 4.69) is 5.32 Å². The van der Waals surface area contributed by atoms with Gasteiger partial charge < -0.3 is 5.32 Å². The molecule has 28 heavy (non-hydrogen) atoms. The van der Waals surface area contributed by atoms with Crippen LogP contribution in [0.4, 0.5) is 0 Å². The van der Waals surface area contributed by atoms with Gasteiger partial charge >= 0.3 is 0 Å². The van der Waals surface area contributed by atoms with Gasteiger partial charge in [0.25, 0.3) is 10.0 Å². The molecular weight excluding hydrogens is 376 g/mol. The Morgan fingerprint density at radius 1 is 1.11 bits per heavy atom. The van der Waals surface area contributed by atoms with E-state index in [0.717, 1.165) is 21.0 Å². The summed E-state index contributed by atoms with van der Waals surface area (Å²) in [6.07, 6.45) is 0.873. The summed E-state index contributed by atoms with van der Waals surface area (Å²) in [5.41, 5.74) is 2.85. The molecule has 7 heteroatoms. The molecule has 2 amide bonds. The fourth-order valence-electron chi connectivity index (χ4n) is 3.28. The zero-order chi connectivity index (χ0) is 20.3. The molecule has 0 saturated carbocycles. The minimum absolute atomic E-state index is 0.0351. The number of rotatable bonds is 6. The topological polar surface area (TPSA) is 83.6 Å². The Hall–Kier alpha value is -2.67. The number of hydrogen-bond donors (Lipinski definition) is 1. The summed E-state index contributed by atoms with van der Waals surface area (Å²) in [4.78, 5) is 25.0. The molecule has 0 radical (unpaired) electrons. The third-order valence-corrected chi connectivity index (χ3v) is 6.88. The number of hydrogen-bond acceptors (Lipinski definition) is 4. The number of carbonyl (C=O) groups is 2. The molecule has 1 atom stereocenters. The fourth-order valence-corrected chi connectivity index (χ4v) is 4.97. The van der Waals surface area contributed by atoms with Crippen molar-refractivity contribution in [3.63, 3.8) is 0 Å². The van der Waals surface area contributed by atoms with E-state index in [1.807, 2.05) is 44.2 Å². The van der Waals surface area contributed by atoms with E-state index in [4.69, 9.17) is 0 Å². The average molecular weight is 401 g/mol. The fraction of sp³-hybridized carbons (Fsp3) is 0.333. The lowest BCUT2D eigenvalue weighted by atomic mass is 10.1. The second-order valence-corrected chi connectivity index (χ2v) is 8.84. The van der Waals surface area contributed by atoms with Crippen molar-refractivity contribution in [1.29, 1.82) is 0 Å². The van der Waals surface area contributed by atoms with Gasteiger partial charge in [0.05, 0.1) is 4.90 Å². The van der Waals surface area contributed by atoms with Crippen LogP contribution in [0, 0.1) is 13.8 Å². The van der Waals surface area contributed by atoms with Gasteiger partial charge in [0.15, 0.2) is 0 Å². The van der Waals surface area contributed by atoms with E-state index in [0.29, 0.717) is 13.0 Å². The second-order valence-electron chi connectivity index (χ2n) is 7.02. The SMILES string of the molecule is Cc1ccc(S(=O)(=O)N2C(=O)CCC2C(=O)NCCc2ccccc2)cc1C. The molecule has 0 aromatic heterocycles. The summed E-state index contributed by atoms with van der Waals surface area (Å²) >= 11 is 0. The molecular formula is C21H24N2O4S. The third-order valence-electron chi connectivity index (χ3n) is 5.05. The van der Waals surface area contributed by atoms with Gasteiger partial charge in [-0.15, -0.1) is 0 Å². The van der Waals surface area contributed by atoms with Crippen LogP contribution in [0.15, 0.2) is 53.4 Å². The molecule has 1 aliphatic heterocycles. The van der Waals surface area contributed by atoms with Crippen molar-refractivity contribution in [3.05, 3.63) is 65.2 Å². The summed E-state index contributed by atoms with van der Waals surface area (Å²) in [5, 5.41) is 2.77. The van der Waals surface area contributed by atoms with E-state index in [1.165, 1.54) is 6.07 Å². The molecule has 1 unspecified atom stereocenters. The molecule has 0 aliphatic carbocycles. The summed E-state index contributed by atoms with van der Waals surface area (Å²) in [6, 6.07) is 13.4. The molecule has 1 aliphatic rings. The average Bonchev–Trinajstić information content (AvgIpc) is 3.07. The second kappa shape index (κ2) is 8.14. The van der Waals surface area contributed by atoms with Crippen LogP contribution in [0.3, 0.4) is 0 Å². The number of amides is 2. The van der Waals surface area contributed by atoms with Crippen molar-refractivity contribution in [2.45, 2.75) is 44.0 Å². The molecule has 1 heterocycles. The monoisotopic (exact) mass is 400 g/mol. The van der Waals surface area contributed by atoms with Crippen molar-refractivity contribution in [2.75, 3.05) is 6.54 Å². The Kier molecular flexibility index (Phi) is 5.84. The lowest BCUT2D eigenvalue weighted by molar-refractivity contribution is -0.130. The van der Waals surface area contributed by atoms with Crippen molar-refractivity contribution < 1.29 is 18.0 Å². The van der Waals surface area contributed by atoms with Gasteiger partial charge in [-0.25, -0.2) is 12.7 Å². The van der Waals surface area contributed by atoms with E-state index < -0.39 is 27.9 Å². The molecule has 2 aromatic carbocycles. The molecule has 1 saturated heterocycles. The van der Waals surface area contributed by atoms with Crippen molar-refractivity contribution >= 4 is 21.8 Å². The molecule has 1 N–H and O–H groups in total. The molecule has 148 valence electrons. The number of benzene rings is 2. The molecule has 3 rings (SSSR count). The van der Waals surface area contributed by atoms with Crippen LogP contribution in [0.1, 0.15) is 29.5 Å². The van der Waals surface area contributed by atoms with Crippen LogP contribution in [0.25, 0.3) is 0 Å². The number of sulfonamides is 1. The number of aryl methyl sites for hydroxylation is 2. The minimum atomic E-state index is -4.08. The Morgan fingerprint density at radius 2 is 1.82 bits per heavy atom. The largest absolute Gasteiger partial charge is 0.354 e. The lowest BCUT2D eigenvalue weighted by Gasteiger charge is -2.24. The van der Waals surface area contributed by atoms with Gasteiger partial charge in [-0.1, -0.05) is 36.4 Å². The quantitative estimate of drug-likeness (QED) is 0.807. The number of carbonyl (C=O) groups excluding carboxylic acids is 2. The Labute approximate surface area is 165 Å². The maximum absolute atomic E-state index is 13.0. The highest BCUT2D eigenvalue weighted by Crippen LogP contribution is 2.28. The Morgan fingerprint density at radius 3 is 2.50 bits per heavy atom. The Balaban J connectivity index is 1.74. The normalized spacial score (nSPS) is 17.0. The predicted octanol–water partition coefficient (Wildman–Crippen LogP) is 2.34. The molecule has 0 bridgehead atoms. The summed E-state index contributed by atoms with van der Waals surface area (Å²) in [5.74, 6) is -0.976. The summed E-state index contributed by atoms with van der Waals surface area (Å²) < 4.78 is 26.8.